The second-order valence-corrected chi connectivity index (χ2v) is 4.93. The zero-order valence-electron chi connectivity index (χ0n) is 10.6. The van der Waals surface area contributed by atoms with Crippen molar-refractivity contribution in [3.05, 3.63) is 47.1 Å². The quantitative estimate of drug-likeness (QED) is 0.946. The van der Waals surface area contributed by atoms with Gasteiger partial charge in [0.2, 0.25) is 5.89 Å². The molecule has 3 rings (SSSR count). The Morgan fingerprint density at radius 1 is 1.30 bits per heavy atom. The lowest BCUT2D eigenvalue weighted by atomic mass is 9.77. The minimum atomic E-state index is -0.620. The summed E-state index contributed by atoms with van der Waals surface area (Å²) >= 11 is 0. The molecule has 108 valence electrons. The van der Waals surface area contributed by atoms with Gasteiger partial charge in [0.1, 0.15) is 11.6 Å². The van der Waals surface area contributed by atoms with Gasteiger partial charge in [-0.2, -0.15) is 4.98 Å². The first-order valence-electron chi connectivity index (χ1n) is 6.13. The molecule has 0 radical (unpaired) electrons. The summed E-state index contributed by atoms with van der Waals surface area (Å²) in [6, 6.07) is 3.41. The summed E-state index contributed by atoms with van der Waals surface area (Å²) in [4.78, 5) is 4.20. The molecule has 0 amide bonds. The third-order valence-electron chi connectivity index (χ3n) is 3.52. The van der Waals surface area contributed by atoms with Crippen LogP contribution in [0.1, 0.15) is 36.5 Å². The average molecular weight is 302 g/mol. The highest BCUT2D eigenvalue weighted by Crippen LogP contribution is 2.36. The predicted octanol–water partition coefficient (Wildman–Crippen LogP) is 2.70. The van der Waals surface area contributed by atoms with Crippen LogP contribution in [0.4, 0.5) is 8.78 Å². The summed E-state index contributed by atoms with van der Waals surface area (Å²) in [5, 5.41) is 3.85. The molecule has 2 aromatic rings. The maximum absolute atomic E-state index is 13.5. The van der Waals surface area contributed by atoms with Crippen molar-refractivity contribution in [1.29, 1.82) is 0 Å². The van der Waals surface area contributed by atoms with Crippen LogP contribution >= 0.6 is 12.4 Å². The zero-order valence-corrected chi connectivity index (χ0v) is 11.4. The minimum Gasteiger partial charge on any atom is -0.339 e. The standard InChI is InChI=1S/C13H13F2N3O.ClH/c14-9-3-2-8(10(15)7-9)6-11-17-12(18-19-11)13(16)4-1-5-13;/h2-3,7H,1,4-6,16H2;1H. The van der Waals surface area contributed by atoms with Gasteiger partial charge in [0.15, 0.2) is 5.82 Å². The highest BCUT2D eigenvalue weighted by Gasteiger charge is 2.38. The maximum Gasteiger partial charge on any atom is 0.231 e. The number of aromatic nitrogens is 2. The molecule has 0 bridgehead atoms. The predicted molar refractivity (Wildman–Crippen MR) is 70.4 cm³/mol. The summed E-state index contributed by atoms with van der Waals surface area (Å²) in [6.07, 6.45) is 2.84. The summed E-state index contributed by atoms with van der Waals surface area (Å²) in [5.74, 6) is -0.470. The molecule has 1 heterocycles. The summed E-state index contributed by atoms with van der Waals surface area (Å²) < 4.78 is 31.4. The lowest BCUT2D eigenvalue weighted by Gasteiger charge is -2.34. The Hall–Kier alpha value is -1.53. The van der Waals surface area contributed by atoms with Gasteiger partial charge < -0.3 is 10.3 Å². The lowest BCUT2D eigenvalue weighted by Crippen LogP contribution is -2.44. The summed E-state index contributed by atoms with van der Waals surface area (Å²) in [6.45, 7) is 0. The molecule has 0 aliphatic heterocycles. The molecule has 1 aromatic carbocycles. The maximum atomic E-state index is 13.5. The molecule has 7 heteroatoms. The van der Waals surface area contributed by atoms with E-state index in [1.807, 2.05) is 0 Å². The normalized spacial score (nSPS) is 16.4. The van der Waals surface area contributed by atoms with E-state index in [0.717, 1.165) is 25.3 Å². The number of hydrogen-bond donors (Lipinski definition) is 1. The Kier molecular flexibility index (Phi) is 4.06. The van der Waals surface area contributed by atoms with Crippen molar-refractivity contribution >= 4 is 12.4 Å². The van der Waals surface area contributed by atoms with Crippen LogP contribution in [0.15, 0.2) is 22.7 Å². The smallest absolute Gasteiger partial charge is 0.231 e. The molecule has 4 nitrogen and oxygen atoms in total. The largest absolute Gasteiger partial charge is 0.339 e. The van der Waals surface area contributed by atoms with Crippen LogP contribution in [0.5, 0.6) is 0 Å². The monoisotopic (exact) mass is 301 g/mol. The number of nitrogens with two attached hydrogens (primary N) is 1. The molecule has 20 heavy (non-hydrogen) atoms. The van der Waals surface area contributed by atoms with E-state index in [2.05, 4.69) is 10.1 Å². The van der Waals surface area contributed by atoms with Gasteiger partial charge in [-0.1, -0.05) is 11.2 Å². The third kappa shape index (κ3) is 2.66. The molecular weight excluding hydrogens is 288 g/mol. The molecule has 1 aliphatic rings. The van der Waals surface area contributed by atoms with Crippen LogP contribution in [-0.4, -0.2) is 10.1 Å². The third-order valence-corrected chi connectivity index (χ3v) is 3.52. The van der Waals surface area contributed by atoms with Crippen LogP contribution in [0, 0.1) is 11.6 Å². The fourth-order valence-corrected chi connectivity index (χ4v) is 2.14. The van der Waals surface area contributed by atoms with Crippen molar-refractivity contribution in [2.24, 2.45) is 5.73 Å². The highest BCUT2D eigenvalue weighted by atomic mass is 35.5. The molecule has 1 fully saturated rings. The lowest BCUT2D eigenvalue weighted by molar-refractivity contribution is 0.229. The van der Waals surface area contributed by atoms with Crippen LogP contribution in [0.3, 0.4) is 0 Å². The number of hydrogen-bond acceptors (Lipinski definition) is 4. The molecule has 0 unspecified atom stereocenters. The molecule has 0 saturated heterocycles. The molecule has 0 spiro atoms. The minimum absolute atomic E-state index is 0. The molecule has 2 N–H and O–H groups in total. The Balaban J connectivity index is 0.00000147. The Bertz CT molecular complexity index is 613. The van der Waals surface area contributed by atoms with Crippen LogP contribution in [0.2, 0.25) is 0 Å². The van der Waals surface area contributed by atoms with Crippen molar-refractivity contribution in [2.45, 2.75) is 31.2 Å². The Morgan fingerprint density at radius 2 is 2.05 bits per heavy atom. The number of nitrogens with zero attached hydrogens (tertiary/aromatic N) is 2. The van der Waals surface area contributed by atoms with Gasteiger partial charge in [0, 0.05) is 6.07 Å². The number of rotatable bonds is 3. The van der Waals surface area contributed by atoms with Crippen molar-refractivity contribution in [3.63, 3.8) is 0 Å². The van der Waals surface area contributed by atoms with E-state index in [1.54, 1.807) is 0 Å². The van der Waals surface area contributed by atoms with Crippen LogP contribution < -0.4 is 5.73 Å². The van der Waals surface area contributed by atoms with Crippen molar-refractivity contribution < 1.29 is 13.3 Å². The first kappa shape index (κ1) is 14.9. The van der Waals surface area contributed by atoms with Crippen LogP contribution in [-0.2, 0) is 12.0 Å². The van der Waals surface area contributed by atoms with E-state index >= 15 is 0 Å². The van der Waals surface area contributed by atoms with Crippen molar-refractivity contribution in [2.75, 3.05) is 0 Å². The fraction of sp³-hybridized carbons (Fsp3) is 0.385. The topological polar surface area (TPSA) is 64.9 Å². The summed E-state index contributed by atoms with van der Waals surface area (Å²) in [5.41, 5.74) is 5.89. The Morgan fingerprint density at radius 3 is 2.65 bits per heavy atom. The zero-order chi connectivity index (χ0) is 13.5. The van der Waals surface area contributed by atoms with E-state index < -0.39 is 17.2 Å². The van der Waals surface area contributed by atoms with Gasteiger partial charge in [-0.25, -0.2) is 8.78 Å². The van der Waals surface area contributed by atoms with E-state index in [9.17, 15) is 8.78 Å². The van der Waals surface area contributed by atoms with E-state index in [4.69, 9.17) is 10.3 Å². The summed E-state index contributed by atoms with van der Waals surface area (Å²) in [7, 11) is 0. The van der Waals surface area contributed by atoms with Gasteiger partial charge in [-0.05, 0) is 30.9 Å². The van der Waals surface area contributed by atoms with Gasteiger partial charge >= 0.3 is 0 Å². The van der Waals surface area contributed by atoms with Gasteiger partial charge in [0.05, 0.1) is 12.0 Å². The van der Waals surface area contributed by atoms with Crippen LogP contribution in [0.25, 0.3) is 0 Å². The second kappa shape index (κ2) is 5.46. The molecule has 1 saturated carbocycles. The van der Waals surface area contributed by atoms with E-state index in [0.29, 0.717) is 11.4 Å². The Labute approximate surface area is 120 Å². The first-order valence-corrected chi connectivity index (χ1v) is 6.13. The van der Waals surface area contributed by atoms with Gasteiger partial charge in [-0.3, -0.25) is 0 Å². The number of benzene rings is 1. The van der Waals surface area contributed by atoms with Crippen molar-refractivity contribution in [3.8, 4) is 0 Å². The molecule has 1 aromatic heterocycles. The van der Waals surface area contributed by atoms with Crippen molar-refractivity contribution in [1.82, 2.24) is 10.1 Å². The fourth-order valence-electron chi connectivity index (χ4n) is 2.14. The van der Waals surface area contributed by atoms with E-state index in [1.165, 1.54) is 12.1 Å². The first-order chi connectivity index (χ1) is 9.07. The van der Waals surface area contributed by atoms with Gasteiger partial charge in [0.25, 0.3) is 0 Å². The van der Waals surface area contributed by atoms with E-state index in [-0.39, 0.29) is 24.7 Å². The highest BCUT2D eigenvalue weighted by molar-refractivity contribution is 5.85. The van der Waals surface area contributed by atoms with Gasteiger partial charge in [-0.15, -0.1) is 12.4 Å². The molecule has 0 atom stereocenters. The number of halogens is 3. The molecule has 1 aliphatic carbocycles. The molecular formula is C13H14ClF2N3O. The average Bonchev–Trinajstić information content (AvgIpc) is 2.79. The SMILES string of the molecule is Cl.NC1(c2noc(Cc3ccc(F)cc3F)n2)CCC1. The second-order valence-electron chi connectivity index (χ2n) is 4.93.